The quantitative estimate of drug-likeness (QED) is 0.670. The zero-order valence-electron chi connectivity index (χ0n) is 9.93. The number of nitrogens with one attached hydrogen (secondary N) is 2. The second-order valence-corrected chi connectivity index (χ2v) is 4.52. The minimum Gasteiger partial charge on any atom is -0.268 e. The van der Waals surface area contributed by atoms with Crippen molar-refractivity contribution in [1.82, 2.24) is 15.6 Å². The minimum atomic E-state index is -0.553. The van der Waals surface area contributed by atoms with Gasteiger partial charge < -0.3 is 0 Å². The lowest BCUT2D eigenvalue weighted by Crippen LogP contribution is -2.21. The fraction of sp³-hybridized carbons (Fsp3) is 0. The molecule has 0 fully saturated rings. The standard InChI is InChI=1S/C12H8Cl2N4O2/c13-8-2-1-7(9(14)5-8)6-15-18-12(20)10-3-4-11(19)17-16-10/h1-6H,(H,17,19)(H,18,20). The summed E-state index contributed by atoms with van der Waals surface area (Å²) in [5.74, 6) is -0.553. The summed E-state index contributed by atoms with van der Waals surface area (Å²) in [6.45, 7) is 0. The van der Waals surface area contributed by atoms with E-state index in [0.717, 1.165) is 0 Å². The van der Waals surface area contributed by atoms with Crippen LogP contribution in [0.1, 0.15) is 16.1 Å². The van der Waals surface area contributed by atoms with Gasteiger partial charge in [-0.1, -0.05) is 29.3 Å². The van der Waals surface area contributed by atoms with Gasteiger partial charge in [-0.05, 0) is 18.2 Å². The van der Waals surface area contributed by atoms with E-state index in [0.29, 0.717) is 15.6 Å². The third-order valence-electron chi connectivity index (χ3n) is 2.24. The number of benzene rings is 1. The van der Waals surface area contributed by atoms with Gasteiger partial charge in [0, 0.05) is 16.7 Å². The van der Waals surface area contributed by atoms with Crippen molar-refractivity contribution in [2.75, 3.05) is 0 Å². The van der Waals surface area contributed by atoms with E-state index in [4.69, 9.17) is 23.2 Å². The molecular formula is C12H8Cl2N4O2. The van der Waals surface area contributed by atoms with Gasteiger partial charge in [0.15, 0.2) is 5.69 Å². The van der Waals surface area contributed by atoms with Crippen LogP contribution in [0.5, 0.6) is 0 Å². The molecule has 20 heavy (non-hydrogen) atoms. The van der Waals surface area contributed by atoms with Gasteiger partial charge >= 0.3 is 0 Å². The van der Waals surface area contributed by atoms with Crippen molar-refractivity contribution in [3.05, 3.63) is 62.0 Å². The molecule has 2 rings (SSSR count). The molecule has 0 aliphatic rings. The largest absolute Gasteiger partial charge is 0.291 e. The third kappa shape index (κ3) is 3.66. The van der Waals surface area contributed by atoms with Crippen LogP contribution in [0.3, 0.4) is 0 Å². The Morgan fingerprint density at radius 3 is 2.75 bits per heavy atom. The Kier molecular flexibility index (Phi) is 4.49. The van der Waals surface area contributed by atoms with Gasteiger partial charge in [-0.2, -0.15) is 10.2 Å². The molecule has 8 heteroatoms. The molecule has 0 unspecified atom stereocenters. The summed E-state index contributed by atoms with van der Waals surface area (Å²) in [6, 6.07) is 7.37. The van der Waals surface area contributed by atoms with Crippen LogP contribution >= 0.6 is 23.2 Å². The molecular weight excluding hydrogens is 303 g/mol. The molecule has 1 aromatic carbocycles. The monoisotopic (exact) mass is 310 g/mol. The summed E-state index contributed by atoms with van der Waals surface area (Å²) in [7, 11) is 0. The average molecular weight is 311 g/mol. The van der Waals surface area contributed by atoms with Crippen LogP contribution in [0.25, 0.3) is 0 Å². The zero-order valence-corrected chi connectivity index (χ0v) is 11.4. The van der Waals surface area contributed by atoms with Crippen LogP contribution in [0.2, 0.25) is 10.0 Å². The van der Waals surface area contributed by atoms with Gasteiger partial charge in [-0.25, -0.2) is 10.5 Å². The number of amides is 1. The smallest absolute Gasteiger partial charge is 0.268 e. The number of hydrazone groups is 1. The minimum absolute atomic E-state index is 0.0453. The molecule has 0 aliphatic heterocycles. The van der Waals surface area contributed by atoms with Crippen LogP contribution in [-0.4, -0.2) is 22.3 Å². The molecule has 1 heterocycles. The molecule has 6 nitrogen and oxygen atoms in total. The molecule has 1 amide bonds. The number of carbonyl (C=O) groups is 1. The Bertz CT molecular complexity index is 707. The number of halogens is 2. The third-order valence-corrected chi connectivity index (χ3v) is 2.81. The van der Waals surface area contributed by atoms with Gasteiger partial charge in [-0.15, -0.1) is 0 Å². The number of aromatic amines is 1. The van der Waals surface area contributed by atoms with E-state index < -0.39 is 11.5 Å². The van der Waals surface area contributed by atoms with E-state index in [1.165, 1.54) is 18.3 Å². The number of nitrogens with zero attached hydrogens (tertiary/aromatic N) is 2. The maximum Gasteiger partial charge on any atom is 0.291 e. The normalized spacial score (nSPS) is 10.7. The maximum absolute atomic E-state index is 11.6. The first-order valence-electron chi connectivity index (χ1n) is 5.40. The van der Waals surface area contributed by atoms with Crippen molar-refractivity contribution < 1.29 is 4.79 Å². The highest BCUT2D eigenvalue weighted by atomic mass is 35.5. The summed E-state index contributed by atoms with van der Waals surface area (Å²) >= 11 is 11.7. The topological polar surface area (TPSA) is 87.2 Å². The average Bonchev–Trinajstić information content (AvgIpc) is 2.42. The van der Waals surface area contributed by atoms with Crippen LogP contribution < -0.4 is 11.0 Å². The summed E-state index contributed by atoms with van der Waals surface area (Å²) in [5, 5.41) is 10.4. The van der Waals surface area contributed by atoms with Crippen LogP contribution in [0.15, 0.2) is 40.2 Å². The molecule has 0 saturated heterocycles. The molecule has 0 spiro atoms. The van der Waals surface area contributed by atoms with E-state index in [2.05, 4.69) is 20.7 Å². The number of hydrogen-bond acceptors (Lipinski definition) is 4. The Hall–Kier alpha value is -2.18. The first-order valence-corrected chi connectivity index (χ1v) is 6.16. The van der Waals surface area contributed by atoms with E-state index in [9.17, 15) is 9.59 Å². The van der Waals surface area contributed by atoms with E-state index >= 15 is 0 Å². The van der Waals surface area contributed by atoms with Crippen LogP contribution in [0, 0.1) is 0 Å². The highest BCUT2D eigenvalue weighted by Gasteiger charge is 2.05. The van der Waals surface area contributed by atoms with Crippen molar-refractivity contribution in [3.63, 3.8) is 0 Å². The molecule has 0 aliphatic carbocycles. The van der Waals surface area contributed by atoms with Crippen LogP contribution in [-0.2, 0) is 0 Å². The first-order chi connectivity index (χ1) is 9.56. The zero-order chi connectivity index (χ0) is 14.5. The Morgan fingerprint density at radius 1 is 1.30 bits per heavy atom. The lowest BCUT2D eigenvalue weighted by atomic mass is 10.2. The number of carbonyl (C=O) groups excluding carboxylic acids is 1. The molecule has 2 N–H and O–H groups in total. The predicted octanol–water partition coefficient (Wildman–Crippen LogP) is 1.84. The van der Waals surface area contributed by atoms with Gasteiger partial charge in [0.2, 0.25) is 0 Å². The summed E-state index contributed by atoms with van der Waals surface area (Å²) in [4.78, 5) is 22.4. The number of H-pyrrole nitrogens is 1. The SMILES string of the molecule is O=C(NN=Cc1ccc(Cl)cc1Cl)c1ccc(=O)[nH]n1. The van der Waals surface area contributed by atoms with Crippen molar-refractivity contribution in [2.45, 2.75) is 0 Å². The highest BCUT2D eigenvalue weighted by molar-refractivity contribution is 6.36. The molecule has 0 bridgehead atoms. The molecule has 0 saturated carbocycles. The van der Waals surface area contributed by atoms with Gasteiger partial charge in [0.1, 0.15) is 0 Å². The lowest BCUT2D eigenvalue weighted by Gasteiger charge is -1.99. The molecule has 0 atom stereocenters. The fourth-order valence-corrected chi connectivity index (χ4v) is 1.75. The van der Waals surface area contributed by atoms with Crippen molar-refractivity contribution >= 4 is 35.3 Å². The van der Waals surface area contributed by atoms with Gasteiger partial charge in [0.25, 0.3) is 11.5 Å². The molecule has 2 aromatic rings. The summed E-state index contributed by atoms with van der Waals surface area (Å²) in [6.07, 6.45) is 1.38. The first kappa shape index (κ1) is 14.2. The molecule has 0 radical (unpaired) electrons. The molecule has 102 valence electrons. The summed E-state index contributed by atoms with van der Waals surface area (Å²) in [5.41, 5.74) is 2.52. The highest BCUT2D eigenvalue weighted by Crippen LogP contribution is 2.19. The Labute approximate surface area is 123 Å². The number of rotatable bonds is 3. The fourth-order valence-electron chi connectivity index (χ4n) is 1.29. The maximum atomic E-state index is 11.6. The van der Waals surface area contributed by atoms with E-state index in [1.54, 1.807) is 18.2 Å². The molecule has 1 aromatic heterocycles. The second-order valence-electron chi connectivity index (χ2n) is 3.67. The van der Waals surface area contributed by atoms with E-state index in [1.807, 2.05) is 0 Å². The Morgan fingerprint density at radius 2 is 2.10 bits per heavy atom. The second kappa shape index (κ2) is 6.31. The number of hydrogen-bond donors (Lipinski definition) is 2. The van der Waals surface area contributed by atoms with Gasteiger partial charge in [0.05, 0.1) is 11.2 Å². The Balaban J connectivity index is 2.04. The lowest BCUT2D eigenvalue weighted by molar-refractivity contribution is 0.0949. The van der Waals surface area contributed by atoms with Gasteiger partial charge in [-0.3, -0.25) is 9.59 Å². The predicted molar refractivity (Wildman–Crippen MR) is 76.4 cm³/mol. The summed E-state index contributed by atoms with van der Waals surface area (Å²) < 4.78 is 0. The number of aromatic nitrogens is 2. The van der Waals surface area contributed by atoms with Crippen molar-refractivity contribution in [2.24, 2.45) is 5.10 Å². The van der Waals surface area contributed by atoms with Crippen molar-refractivity contribution in [1.29, 1.82) is 0 Å². The van der Waals surface area contributed by atoms with Crippen LogP contribution in [0.4, 0.5) is 0 Å². The van der Waals surface area contributed by atoms with E-state index in [-0.39, 0.29) is 5.69 Å². The van der Waals surface area contributed by atoms with Crippen molar-refractivity contribution in [3.8, 4) is 0 Å².